The normalized spacial score (nSPS) is 11.2. The van der Waals surface area contributed by atoms with Crippen molar-refractivity contribution in [3.63, 3.8) is 0 Å². The second-order valence-electron chi connectivity index (χ2n) is 2.98. The number of hydrogen-bond donors (Lipinski definition) is 0. The van der Waals surface area contributed by atoms with Gasteiger partial charge in [0.2, 0.25) is 0 Å². The Hall–Kier alpha value is -1.64. The molecule has 15 heavy (non-hydrogen) atoms. The van der Waals surface area contributed by atoms with Crippen LogP contribution in [0.1, 0.15) is 18.9 Å². The number of benzene rings is 1. The van der Waals surface area contributed by atoms with Crippen molar-refractivity contribution < 1.29 is 13.9 Å². The molecule has 0 fully saturated rings. The van der Waals surface area contributed by atoms with Crippen molar-refractivity contribution in [1.29, 1.82) is 0 Å². The van der Waals surface area contributed by atoms with Crippen LogP contribution >= 0.6 is 0 Å². The van der Waals surface area contributed by atoms with Crippen LogP contribution in [0.5, 0.6) is 0 Å². The molecule has 0 saturated carbocycles. The number of carbonyl (C=O) groups is 1. The Labute approximate surface area is 88.4 Å². The van der Waals surface area contributed by atoms with Crippen molar-refractivity contribution in [3.05, 3.63) is 41.7 Å². The summed E-state index contributed by atoms with van der Waals surface area (Å²) in [6.45, 7) is 1.97. The summed E-state index contributed by atoms with van der Waals surface area (Å²) < 4.78 is 17.9. The monoisotopic (exact) mass is 208 g/mol. The molecule has 0 atom stereocenters. The lowest BCUT2D eigenvalue weighted by atomic mass is 10.2. The molecule has 1 aromatic rings. The summed E-state index contributed by atoms with van der Waals surface area (Å²) in [5.74, 6) is -1.03. The molecule has 0 heterocycles. The molecule has 0 aliphatic rings. The first-order valence-corrected chi connectivity index (χ1v) is 4.79. The van der Waals surface area contributed by atoms with E-state index in [2.05, 4.69) is 4.74 Å². The second kappa shape index (κ2) is 5.96. The fourth-order valence-electron chi connectivity index (χ4n) is 1.13. The van der Waals surface area contributed by atoms with Crippen molar-refractivity contribution in [2.24, 2.45) is 0 Å². The first-order valence-electron chi connectivity index (χ1n) is 4.79. The minimum absolute atomic E-state index is 0.275. The zero-order valence-electron chi connectivity index (χ0n) is 8.57. The summed E-state index contributed by atoms with van der Waals surface area (Å²) in [5, 5.41) is 0. The van der Waals surface area contributed by atoms with Crippen LogP contribution in [0.3, 0.4) is 0 Å². The standard InChI is InChI=1S/C12H13FO2/c1-2-15-12(14)9-11(13)8-10-6-4-3-5-7-10/h3-8H,2,9H2,1H3. The summed E-state index contributed by atoms with van der Waals surface area (Å²) >= 11 is 0. The maximum atomic E-state index is 13.2. The van der Waals surface area contributed by atoms with E-state index in [1.54, 1.807) is 19.1 Å². The Morgan fingerprint density at radius 1 is 1.40 bits per heavy atom. The molecule has 1 aromatic carbocycles. The molecule has 1 rings (SSSR count). The molecule has 80 valence electrons. The second-order valence-corrected chi connectivity index (χ2v) is 2.98. The molecular formula is C12H13FO2. The summed E-state index contributed by atoms with van der Waals surface area (Å²) in [4.78, 5) is 10.9. The molecule has 0 saturated heterocycles. The number of halogens is 1. The lowest BCUT2D eigenvalue weighted by Crippen LogP contribution is -2.03. The third-order valence-corrected chi connectivity index (χ3v) is 1.74. The average molecular weight is 208 g/mol. The molecule has 0 aliphatic carbocycles. The van der Waals surface area contributed by atoms with Gasteiger partial charge in [0.15, 0.2) is 0 Å². The summed E-state index contributed by atoms with van der Waals surface area (Å²) in [6, 6.07) is 9.00. The lowest BCUT2D eigenvalue weighted by molar-refractivity contribution is -0.142. The predicted molar refractivity (Wildman–Crippen MR) is 56.8 cm³/mol. The molecule has 0 aromatic heterocycles. The van der Waals surface area contributed by atoms with Crippen LogP contribution in [0.2, 0.25) is 0 Å². The third kappa shape index (κ3) is 4.40. The third-order valence-electron chi connectivity index (χ3n) is 1.74. The van der Waals surface area contributed by atoms with Gasteiger partial charge in [0.25, 0.3) is 0 Å². The van der Waals surface area contributed by atoms with E-state index in [9.17, 15) is 9.18 Å². The van der Waals surface area contributed by atoms with Gasteiger partial charge in [-0.15, -0.1) is 0 Å². The van der Waals surface area contributed by atoms with Gasteiger partial charge >= 0.3 is 5.97 Å². The molecule has 0 N–H and O–H groups in total. The van der Waals surface area contributed by atoms with Crippen molar-refractivity contribution in [3.8, 4) is 0 Å². The number of esters is 1. The summed E-state index contributed by atoms with van der Waals surface area (Å²) in [7, 11) is 0. The van der Waals surface area contributed by atoms with Crippen molar-refractivity contribution in [2.45, 2.75) is 13.3 Å². The first kappa shape index (κ1) is 11.4. The molecule has 0 spiro atoms. The SMILES string of the molecule is CCOC(=O)CC(F)=Cc1ccccc1. The van der Waals surface area contributed by atoms with Crippen LogP contribution in [-0.4, -0.2) is 12.6 Å². The van der Waals surface area contributed by atoms with Crippen LogP contribution < -0.4 is 0 Å². The van der Waals surface area contributed by atoms with Gasteiger partial charge in [0.05, 0.1) is 13.0 Å². The zero-order chi connectivity index (χ0) is 11.1. The van der Waals surface area contributed by atoms with E-state index < -0.39 is 11.8 Å². The quantitative estimate of drug-likeness (QED) is 0.711. The van der Waals surface area contributed by atoms with Gasteiger partial charge in [-0.2, -0.15) is 0 Å². The maximum absolute atomic E-state index is 13.2. The van der Waals surface area contributed by atoms with E-state index in [1.165, 1.54) is 6.08 Å². The predicted octanol–water partition coefficient (Wildman–Crippen LogP) is 2.95. The van der Waals surface area contributed by atoms with E-state index in [0.29, 0.717) is 0 Å². The van der Waals surface area contributed by atoms with Gasteiger partial charge in [0, 0.05) is 0 Å². The van der Waals surface area contributed by atoms with Gasteiger partial charge in [-0.25, -0.2) is 4.39 Å². The van der Waals surface area contributed by atoms with E-state index in [-0.39, 0.29) is 13.0 Å². The Kier molecular flexibility index (Phi) is 4.54. The molecule has 0 bridgehead atoms. The Morgan fingerprint density at radius 2 is 2.07 bits per heavy atom. The van der Waals surface area contributed by atoms with Crippen molar-refractivity contribution >= 4 is 12.0 Å². The van der Waals surface area contributed by atoms with Gasteiger partial charge in [-0.3, -0.25) is 4.79 Å². The van der Waals surface area contributed by atoms with E-state index in [4.69, 9.17) is 0 Å². The van der Waals surface area contributed by atoms with Crippen molar-refractivity contribution in [2.75, 3.05) is 6.61 Å². The summed E-state index contributed by atoms with van der Waals surface area (Å²) in [5.41, 5.74) is 0.735. The van der Waals surface area contributed by atoms with Gasteiger partial charge < -0.3 is 4.74 Å². The lowest BCUT2D eigenvalue weighted by Gasteiger charge is -1.99. The molecule has 0 radical (unpaired) electrons. The van der Waals surface area contributed by atoms with Gasteiger partial charge in [-0.05, 0) is 18.6 Å². The average Bonchev–Trinajstić information content (AvgIpc) is 2.19. The molecule has 0 aliphatic heterocycles. The number of hydrogen-bond acceptors (Lipinski definition) is 2. The highest BCUT2D eigenvalue weighted by Gasteiger charge is 2.05. The maximum Gasteiger partial charge on any atom is 0.312 e. The van der Waals surface area contributed by atoms with Crippen LogP contribution in [0, 0.1) is 0 Å². The highest BCUT2D eigenvalue weighted by molar-refractivity contribution is 5.73. The zero-order valence-corrected chi connectivity index (χ0v) is 8.57. The molecule has 0 amide bonds. The number of rotatable bonds is 4. The van der Waals surface area contributed by atoms with E-state index >= 15 is 0 Å². The molecule has 2 nitrogen and oxygen atoms in total. The van der Waals surface area contributed by atoms with E-state index in [0.717, 1.165) is 5.56 Å². The van der Waals surface area contributed by atoms with Crippen molar-refractivity contribution in [1.82, 2.24) is 0 Å². The minimum atomic E-state index is -0.540. The minimum Gasteiger partial charge on any atom is -0.466 e. The largest absolute Gasteiger partial charge is 0.466 e. The highest BCUT2D eigenvalue weighted by atomic mass is 19.1. The van der Waals surface area contributed by atoms with Crippen LogP contribution in [0.25, 0.3) is 6.08 Å². The highest BCUT2D eigenvalue weighted by Crippen LogP contribution is 2.11. The van der Waals surface area contributed by atoms with E-state index in [1.807, 2.05) is 18.2 Å². The molecular weight excluding hydrogens is 195 g/mol. The molecule has 0 unspecified atom stereocenters. The number of carbonyl (C=O) groups excluding carboxylic acids is 1. The van der Waals surface area contributed by atoms with Crippen LogP contribution in [0.4, 0.5) is 4.39 Å². The fraction of sp³-hybridized carbons (Fsp3) is 0.250. The Balaban J connectivity index is 2.57. The summed E-state index contributed by atoms with van der Waals surface area (Å²) in [6.07, 6.45) is 1.03. The fourth-order valence-corrected chi connectivity index (χ4v) is 1.13. The smallest absolute Gasteiger partial charge is 0.312 e. The van der Waals surface area contributed by atoms with Gasteiger partial charge in [-0.1, -0.05) is 30.3 Å². The Bertz CT molecular complexity index is 344. The van der Waals surface area contributed by atoms with Crippen LogP contribution in [0.15, 0.2) is 36.2 Å². The van der Waals surface area contributed by atoms with Gasteiger partial charge in [0.1, 0.15) is 5.83 Å². The first-order chi connectivity index (χ1) is 7.22. The number of ether oxygens (including phenoxy) is 1. The Morgan fingerprint density at radius 3 is 2.67 bits per heavy atom. The molecule has 3 heteroatoms. The topological polar surface area (TPSA) is 26.3 Å². The van der Waals surface area contributed by atoms with Crippen LogP contribution in [-0.2, 0) is 9.53 Å².